The predicted octanol–water partition coefficient (Wildman–Crippen LogP) is 0.910. The maximum absolute atomic E-state index is 11.0. The van der Waals surface area contributed by atoms with E-state index in [1.807, 2.05) is 13.8 Å². The highest BCUT2D eigenvalue weighted by Crippen LogP contribution is 2.11. The third kappa shape index (κ3) is 2.84. The van der Waals surface area contributed by atoms with Gasteiger partial charge in [-0.25, -0.2) is 9.59 Å². The Morgan fingerprint density at radius 2 is 2.25 bits per heavy atom. The first kappa shape index (κ1) is 10.8. The molecular weight excluding hydrogens is 158 g/mol. The Morgan fingerprint density at radius 1 is 1.67 bits per heavy atom. The summed E-state index contributed by atoms with van der Waals surface area (Å²) in [7, 11) is 1.28. The summed E-state index contributed by atoms with van der Waals surface area (Å²) in [6.45, 7) is 3.75. The smallest absolute Gasteiger partial charge is 0.331 e. The number of nitrogens with zero attached hydrogens (tertiary/aromatic N) is 1. The maximum atomic E-state index is 11.0. The van der Waals surface area contributed by atoms with Crippen LogP contribution in [0.15, 0.2) is 4.99 Å². The number of esters is 1. The molecule has 0 heterocycles. The first-order chi connectivity index (χ1) is 5.67. The molecule has 0 spiro atoms. The molecule has 0 aliphatic carbocycles. The monoisotopic (exact) mass is 171 g/mol. The largest absolute Gasteiger partial charge is 0.467 e. The van der Waals surface area contributed by atoms with Crippen molar-refractivity contribution in [2.75, 3.05) is 7.11 Å². The van der Waals surface area contributed by atoms with E-state index in [1.165, 1.54) is 13.2 Å². The third-order valence-electron chi connectivity index (χ3n) is 1.82. The molecule has 2 atom stereocenters. The lowest BCUT2D eigenvalue weighted by atomic mass is 10.0. The van der Waals surface area contributed by atoms with Crippen molar-refractivity contribution in [1.82, 2.24) is 0 Å². The lowest BCUT2D eigenvalue weighted by Gasteiger charge is -2.13. The van der Waals surface area contributed by atoms with Gasteiger partial charge in [0.05, 0.1) is 7.11 Å². The van der Waals surface area contributed by atoms with Crippen molar-refractivity contribution in [3.8, 4) is 0 Å². The summed E-state index contributed by atoms with van der Waals surface area (Å²) in [6, 6.07) is -0.697. The average Bonchev–Trinajstić information content (AvgIpc) is 2.11. The molecule has 0 aromatic heterocycles. The Hall–Kier alpha value is -1.15. The van der Waals surface area contributed by atoms with Crippen molar-refractivity contribution < 1.29 is 14.3 Å². The van der Waals surface area contributed by atoms with Crippen molar-refractivity contribution in [3.05, 3.63) is 0 Å². The highest BCUT2D eigenvalue weighted by molar-refractivity contribution is 5.77. The number of rotatable bonds is 4. The Kier molecular flexibility index (Phi) is 4.97. The van der Waals surface area contributed by atoms with Crippen LogP contribution in [0.5, 0.6) is 0 Å². The molecule has 0 aliphatic heterocycles. The zero-order valence-electron chi connectivity index (χ0n) is 7.53. The van der Waals surface area contributed by atoms with Crippen LogP contribution in [0.1, 0.15) is 20.3 Å². The van der Waals surface area contributed by atoms with E-state index < -0.39 is 12.0 Å². The maximum Gasteiger partial charge on any atom is 0.331 e. The second-order valence-corrected chi connectivity index (χ2v) is 2.57. The number of carbonyl (C=O) groups is 1. The summed E-state index contributed by atoms with van der Waals surface area (Å²) >= 11 is 0. The van der Waals surface area contributed by atoms with Crippen molar-refractivity contribution in [1.29, 1.82) is 0 Å². The average molecular weight is 171 g/mol. The second kappa shape index (κ2) is 5.49. The number of aliphatic imine (C=N–C) groups is 1. The lowest BCUT2D eigenvalue weighted by Crippen LogP contribution is -2.26. The minimum atomic E-state index is -0.697. The van der Waals surface area contributed by atoms with Crippen molar-refractivity contribution in [3.63, 3.8) is 0 Å². The van der Waals surface area contributed by atoms with Gasteiger partial charge in [-0.1, -0.05) is 20.3 Å². The number of hydrogen-bond donors (Lipinski definition) is 0. The van der Waals surface area contributed by atoms with E-state index in [2.05, 4.69) is 9.73 Å². The van der Waals surface area contributed by atoms with E-state index in [0.29, 0.717) is 0 Å². The predicted molar refractivity (Wildman–Crippen MR) is 43.4 cm³/mol. The summed E-state index contributed by atoms with van der Waals surface area (Å²) in [4.78, 5) is 24.3. The highest BCUT2D eigenvalue weighted by Gasteiger charge is 2.23. The van der Waals surface area contributed by atoms with Gasteiger partial charge in [-0.2, -0.15) is 4.99 Å². The Bertz CT molecular complexity index is 196. The summed E-state index contributed by atoms with van der Waals surface area (Å²) in [6.07, 6.45) is 2.14. The minimum absolute atomic E-state index is 0.0129. The van der Waals surface area contributed by atoms with Gasteiger partial charge in [-0.05, 0) is 5.92 Å². The Balaban J connectivity index is 4.42. The molecule has 4 nitrogen and oxygen atoms in total. The van der Waals surface area contributed by atoms with Gasteiger partial charge < -0.3 is 4.74 Å². The topological polar surface area (TPSA) is 55.7 Å². The molecule has 0 unspecified atom stereocenters. The quantitative estimate of drug-likeness (QED) is 0.359. The number of isocyanates is 1. The fraction of sp³-hybridized carbons (Fsp3) is 0.750. The summed E-state index contributed by atoms with van der Waals surface area (Å²) in [5.41, 5.74) is 0. The number of methoxy groups -OCH3 is 1. The fourth-order valence-electron chi connectivity index (χ4n) is 0.813. The molecule has 0 aromatic rings. The van der Waals surface area contributed by atoms with Gasteiger partial charge in [0, 0.05) is 0 Å². The van der Waals surface area contributed by atoms with Gasteiger partial charge in [0.1, 0.15) is 0 Å². The second-order valence-electron chi connectivity index (χ2n) is 2.57. The molecule has 0 rings (SSSR count). The van der Waals surface area contributed by atoms with Crippen LogP contribution in [-0.4, -0.2) is 25.2 Å². The van der Waals surface area contributed by atoms with Gasteiger partial charge >= 0.3 is 5.97 Å². The summed E-state index contributed by atoms with van der Waals surface area (Å²) in [5.74, 6) is -0.466. The molecule has 0 fully saturated rings. The minimum Gasteiger partial charge on any atom is -0.467 e. The SMILES string of the molecule is CC[C@H](C)[C@@H](N=C=O)C(=O)OC. The standard InChI is InChI=1S/C8H13NO3/c1-4-6(2)7(9-5-10)8(11)12-3/h6-7H,4H2,1-3H3/t6-,7+/m0/s1. The molecule has 4 heteroatoms. The molecule has 0 saturated heterocycles. The van der Waals surface area contributed by atoms with Gasteiger partial charge in [-0.3, -0.25) is 0 Å². The number of ether oxygens (including phenoxy) is 1. The van der Waals surface area contributed by atoms with Crippen molar-refractivity contribution >= 4 is 12.0 Å². The molecule has 68 valence electrons. The van der Waals surface area contributed by atoms with E-state index in [1.54, 1.807) is 0 Å². The van der Waals surface area contributed by atoms with Crippen LogP contribution in [0.4, 0.5) is 0 Å². The molecule has 0 saturated carbocycles. The van der Waals surface area contributed by atoms with Crippen LogP contribution in [0.25, 0.3) is 0 Å². The molecular formula is C8H13NO3. The Labute approximate surface area is 71.6 Å². The molecule has 0 bridgehead atoms. The Morgan fingerprint density at radius 3 is 2.58 bits per heavy atom. The van der Waals surface area contributed by atoms with Gasteiger partial charge in [-0.15, -0.1) is 0 Å². The zero-order valence-corrected chi connectivity index (χ0v) is 7.53. The normalized spacial score (nSPS) is 14.2. The van der Waals surface area contributed by atoms with E-state index >= 15 is 0 Å². The highest BCUT2D eigenvalue weighted by atomic mass is 16.5. The van der Waals surface area contributed by atoms with Crippen LogP contribution in [-0.2, 0) is 14.3 Å². The van der Waals surface area contributed by atoms with Crippen LogP contribution < -0.4 is 0 Å². The van der Waals surface area contributed by atoms with Crippen LogP contribution in [0.2, 0.25) is 0 Å². The van der Waals surface area contributed by atoms with Crippen molar-refractivity contribution in [2.45, 2.75) is 26.3 Å². The molecule has 0 radical (unpaired) electrons. The zero-order chi connectivity index (χ0) is 9.56. The molecule has 0 N–H and O–H groups in total. The fourth-order valence-corrected chi connectivity index (χ4v) is 0.813. The molecule has 0 amide bonds. The van der Waals surface area contributed by atoms with E-state index in [0.717, 1.165) is 6.42 Å². The van der Waals surface area contributed by atoms with Crippen LogP contribution in [0, 0.1) is 5.92 Å². The van der Waals surface area contributed by atoms with Crippen LogP contribution in [0.3, 0.4) is 0 Å². The number of carbonyl (C=O) groups excluding carboxylic acids is 2. The lowest BCUT2D eigenvalue weighted by molar-refractivity contribution is -0.143. The van der Waals surface area contributed by atoms with Gasteiger partial charge in [0.2, 0.25) is 6.08 Å². The third-order valence-corrected chi connectivity index (χ3v) is 1.82. The van der Waals surface area contributed by atoms with Crippen LogP contribution >= 0.6 is 0 Å². The molecule has 0 aliphatic rings. The van der Waals surface area contributed by atoms with Crippen molar-refractivity contribution in [2.24, 2.45) is 10.9 Å². The van der Waals surface area contributed by atoms with E-state index in [9.17, 15) is 9.59 Å². The van der Waals surface area contributed by atoms with Gasteiger partial charge in [0.25, 0.3) is 0 Å². The summed E-state index contributed by atoms with van der Waals surface area (Å²) in [5, 5.41) is 0. The molecule has 0 aromatic carbocycles. The van der Waals surface area contributed by atoms with E-state index in [-0.39, 0.29) is 5.92 Å². The first-order valence-electron chi connectivity index (χ1n) is 3.82. The number of hydrogen-bond acceptors (Lipinski definition) is 4. The molecule has 12 heavy (non-hydrogen) atoms. The summed E-state index contributed by atoms with van der Waals surface area (Å²) < 4.78 is 4.48. The van der Waals surface area contributed by atoms with Gasteiger partial charge in [0.15, 0.2) is 6.04 Å². The first-order valence-corrected chi connectivity index (χ1v) is 3.82. The van der Waals surface area contributed by atoms with E-state index in [4.69, 9.17) is 0 Å².